The number of likely N-dealkylation sites (N-methyl/N-ethyl adjacent to an activating group) is 1. The highest BCUT2D eigenvalue weighted by molar-refractivity contribution is 5.99. The largest absolute Gasteiger partial charge is 0.340 e. The number of guanidine groups is 1. The summed E-state index contributed by atoms with van der Waals surface area (Å²) in [6.45, 7) is 9.76. The predicted octanol–water partition coefficient (Wildman–Crippen LogP) is 1.89. The number of benzene rings is 1. The molecule has 0 aromatic heterocycles. The van der Waals surface area contributed by atoms with E-state index in [1.54, 1.807) is 0 Å². The van der Waals surface area contributed by atoms with Crippen molar-refractivity contribution in [3.8, 4) is 0 Å². The van der Waals surface area contributed by atoms with Gasteiger partial charge in [-0.15, -0.1) is 0 Å². The van der Waals surface area contributed by atoms with E-state index in [1.165, 1.54) is 5.69 Å². The molecule has 1 aromatic carbocycles. The van der Waals surface area contributed by atoms with E-state index in [4.69, 9.17) is 4.99 Å². The lowest BCUT2D eigenvalue weighted by Crippen LogP contribution is -2.55. The van der Waals surface area contributed by atoms with Gasteiger partial charge in [-0.3, -0.25) is 4.99 Å². The smallest absolute Gasteiger partial charge is 0.201 e. The number of anilines is 1. The molecule has 4 heteroatoms. The Morgan fingerprint density at radius 3 is 2.30 bits per heavy atom. The van der Waals surface area contributed by atoms with Gasteiger partial charge in [-0.05, 0) is 33.0 Å². The highest BCUT2D eigenvalue weighted by atomic mass is 15.5. The van der Waals surface area contributed by atoms with Crippen molar-refractivity contribution in [2.75, 3.05) is 44.7 Å². The molecule has 0 amide bonds. The van der Waals surface area contributed by atoms with Crippen LogP contribution in [0.5, 0.6) is 0 Å². The first-order chi connectivity index (χ1) is 9.58. The number of para-hydroxylation sites is 1. The molecule has 1 aromatic rings. The van der Waals surface area contributed by atoms with Gasteiger partial charge < -0.3 is 14.7 Å². The molecule has 1 saturated heterocycles. The molecule has 2 heterocycles. The van der Waals surface area contributed by atoms with Crippen molar-refractivity contribution in [2.45, 2.75) is 19.4 Å². The molecular formula is C16H24N4. The van der Waals surface area contributed by atoms with E-state index in [9.17, 15) is 0 Å². The van der Waals surface area contributed by atoms with Crippen LogP contribution in [0.3, 0.4) is 0 Å². The first-order valence-corrected chi connectivity index (χ1v) is 7.41. The fourth-order valence-electron chi connectivity index (χ4n) is 2.97. The van der Waals surface area contributed by atoms with Gasteiger partial charge in [-0.1, -0.05) is 18.2 Å². The maximum atomic E-state index is 4.84. The first-order valence-electron chi connectivity index (χ1n) is 7.41. The lowest BCUT2D eigenvalue weighted by Gasteiger charge is -2.41. The summed E-state index contributed by atoms with van der Waals surface area (Å²) in [6, 6.07) is 10.6. The Morgan fingerprint density at radius 2 is 1.65 bits per heavy atom. The molecule has 108 valence electrons. The molecule has 0 radical (unpaired) electrons. The van der Waals surface area contributed by atoms with Crippen LogP contribution in [0.2, 0.25) is 0 Å². The van der Waals surface area contributed by atoms with E-state index >= 15 is 0 Å². The van der Waals surface area contributed by atoms with Gasteiger partial charge in [0.05, 0.1) is 12.1 Å². The van der Waals surface area contributed by atoms with Crippen molar-refractivity contribution in [2.24, 2.45) is 4.99 Å². The molecule has 0 atom stereocenters. The van der Waals surface area contributed by atoms with Gasteiger partial charge in [0.1, 0.15) is 0 Å². The van der Waals surface area contributed by atoms with E-state index < -0.39 is 0 Å². The van der Waals surface area contributed by atoms with E-state index in [-0.39, 0.29) is 5.54 Å². The van der Waals surface area contributed by atoms with Crippen LogP contribution in [0.25, 0.3) is 0 Å². The first kappa shape index (κ1) is 13.4. The van der Waals surface area contributed by atoms with Crippen LogP contribution >= 0.6 is 0 Å². The average Bonchev–Trinajstić information content (AvgIpc) is 2.76. The number of aliphatic imine (C=N–C) groups is 1. The lowest BCUT2D eigenvalue weighted by atomic mass is 10.0. The van der Waals surface area contributed by atoms with Crippen LogP contribution in [0.4, 0.5) is 5.69 Å². The molecule has 0 unspecified atom stereocenters. The Labute approximate surface area is 121 Å². The molecule has 1 fully saturated rings. The van der Waals surface area contributed by atoms with Crippen molar-refractivity contribution in [3.63, 3.8) is 0 Å². The number of hydrogen-bond donors (Lipinski definition) is 0. The number of hydrogen-bond acceptors (Lipinski definition) is 4. The van der Waals surface area contributed by atoms with Gasteiger partial charge in [0.15, 0.2) is 0 Å². The summed E-state index contributed by atoms with van der Waals surface area (Å²) in [7, 11) is 2.19. The van der Waals surface area contributed by atoms with E-state index in [0.29, 0.717) is 0 Å². The van der Waals surface area contributed by atoms with Crippen molar-refractivity contribution < 1.29 is 0 Å². The summed E-state index contributed by atoms with van der Waals surface area (Å²) in [5, 5.41) is 0. The van der Waals surface area contributed by atoms with Gasteiger partial charge in [0.25, 0.3) is 0 Å². The standard InChI is InChI=1S/C16H24N4/c1-16(2)13-17-15(19-11-9-18(3)10-12-19)20(16)14-7-5-4-6-8-14/h4-8H,9-13H2,1-3H3. The Kier molecular flexibility index (Phi) is 3.42. The summed E-state index contributed by atoms with van der Waals surface area (Å²) in [6.07, 6.45) is 0. The number of nitrogens with zero attached hydrogens (tertiary/aromatic N) is 4. The molecule has 4 nitrogen and oxygen atoms in total. The van der Waals surface area contributed by atoms with Gasteiger partial charge >= 0.3 is 0 Å². The number of rotatable bonds is 1. The van der Waals surface area contributed by atoms with Crippen LogP contribution in [0, 0.1) is 0 Å². The summed E-state index contributed by atoms with van der Waals surface area (Å²) in [4.78, 5) is 12.1. The second-order valence-electron chi connectivity index (χ2n) is 6.39. The maximum Gasteiger partial charge on any atom is 0.201 e. The Morgan fingerprint density at radius 1 is 1.00 bits per heavy atom. The number of piperazine rings is 1. The van der Waals surface area contributed by atoms with Crippen LogP contribution in [-0.2, 0) is 0 Å². The second kappa shape index (κ2) is 5.09. The van der Waals surface area contributed by atoms with Crippen LogP contribution < -0.4 is 4.90 Å². The highest BCUT2D eigenvalue weighted by Gasteiger charge is 2.38. The second-order valence-corrected chi connectivity index (χ2v) is 6.39. The molecule has 20 heavy (non-hydrogen) atoms. The minimum absolute atomic E-state index is 0.0556. The van der Waals surface area contributed by atoms with Crippen LogP contribution in [-0.4, -0.2) is 61.1 Å². The molecule has 0 aliphatic carbocycles. The molecule has 0 saturated carbocycles. The summed E-state index contributed by atoms with van der Waals surface area (Å²) in [5.41, 5.74) is 1.30. The van der Waals surface area contributed by atoms with Crippen molar-refractivity contribution in [1.29, 1.82) is 0 Å². The lowest BCUT2D eigenvalue weighted by molar-refractivity contribution is 0.213. The quantitative estimate of drug-likeness (QED) is 0.779. The third-order valence-corrected chi connectivity index (χ3v) is 4.21. The fourth-order valence-corrected chi connectivity index (χ4v) is 2.97. The Bertz CT molecular complexity index is 486. The van der Waals surface area contributed by atoms with Crippen molar-refractivity contribution in [3.05, 3.63) is 30.3 Å². The molecule has 0 spiro atoms. The topological polar surface area (TPSA) is 22.1 Å². The summed E-state index contributed by atoms with van der Waals surface area (Å²) < 4.78 is 0. The molecule has 0 N–H and O–H groups in total. The predicted molar refractivity (Wildman–Crippen MR) is 84.4 cm³/mol. The van der Waals surface area contributed by atoms with E-state index in [0.717, 1.165) is 38.7 Å². The Hall–Kier alpha value is -1.55. The molecule has 0 bridgehead atoms. The zero-order valence-corrected chi connectivity index (χ0v) is 12.7. The molecule has 3 rings (SSSR count). The van der Waals surface area contributed by atoms with Gasteiger partial charge in [0.2, 0.25) is 5.96 Å². The van der Waals surface area contributed by atoms with Crippen LogP contribution in [0.1, 0.15) is 13.8 Å². The fraction of sp³-hybridized carbons (Fsp3) is 0.562. The van der Waals surface area contributed by atoms with Gasteiger partial charge in [0, 0.05) is 31.9 Å². The average molecular weight is 272 g/mol. The molecule has 2 aliphatic heterocycles. The summed E-state index contributed by atoms with van der Waals surface area (Å²) in [5.74, 6) is 1.15. The minimum Gasteiger partial charge on any atom is -0.340 e. The van der Waals surface area contributed by atoms with Gasteiger partial charge in [-0.25, -0.2) is 0 Å². The zero-order valence-electron chi connectivity index (χ0n) is 12.7. The van der Waals surface area contributed by atoms with E-state index in [1.807, 2.05) is 0 Å². The van der Waals surface area contributed by atoms with Gasteiger partial charge in [-0.2, -0.15) is 0 Å². The molecular weight excluding hydrogens is 248 g/mol. The third-order valence-electron chi connectivity index (χ3n) is 4.21. The minimum atomic E-state index is 0.0556. The third kappa shape index (κ3) is 2.40. The monoisotopic (exact) mass is 272 g/mol. The van der Waals surface area contributed by atoms with E-state index in [2.05, 4.69) is 65.9 Å². The SMILES string of the molecule is CN1CCN(C2=NCC(C)(C)N2c2ccccc2)CC1. The van der Waals surface area contributed by atoms with Crippen LogP contribution in [0.15, 0.2) is 35.3 Å². The van der Waals surface area contributed by atoms with Crippen molar-refractivity contribution in [1.82, 2.24) is 9.80 Å². The normalized spacial score (nSPS) is 23.1. The zero-order chi connectivity index (χ0) is 14.2. The Balaban J connectivity index is 1.87. The highest BCUT2D eigenvalue weighted by Crippen LogP contribution is 2.30. The summed E-state index contributed by atoms with van der Waals surface area (Å²) >= 11 is 0. The maximum absolute atomic E-state index is 4.84. The molecule has 2 aliphatic rings. The van der Waals surface area contributed by atoms with Crippen molar-refractivity contribution >= 4 is 11.6 Å².